The van der Waals surface area contributed by atoms with Crippen molar-refractivity contribution in [2.75, 3.05) is 6.54 Å². The summed E-state index contributed by atoms with van der Waals surface area (Å²) in [5.41, 5.74) is 2.83. The van der Waals surface area contributed by atoms with Crippen LogP contribution in [0.5, 0.6) is 0 Å². The second-order valence-electron chi connectivity index (χ2n) is 4.78. The van der Waals surface area contributed by atoms with Crippen LogP contribution >= 0.6 is 0 Å². The molecule has 0 aliphatic rings. The molecule has 0 fully saturated rings. The third kappa shape index (κ3) is 2.42. The number of aromatic nitrogens is 3. The minimum Gasteiger partial charge on any atom is -0.352 e. The van der Waals surface area contributed by atoms with Gasteiger partial charge in [-0.2, -0.15) is 0 Å². The number of benzene rings is 1. The lowest BCUT2D eigenvalue weighted by atomic mass is 10.1. The Kier molecular flexibility index (Phi) is 3.25. The van der Waals surface area contributed by atoms with E-state index in [0.717, 1.165) is 23.0 Å². The molecule has 2 N–H and O–H groups in total. The van der Waals surface area contributed by atoms with Crippen LogP contribution < -0.4 is 5.32 Å². The van der Waals surface area contributed by atoms with Gasteiger partial charge in [-0.25, -0.2) is 4.98 Å². The van der Waals surface area contributed by atoms with Crippen LogP contribution in [-0.2, 0) is 13.5 Å². The van der Waals surface area contributed by atoms with Crippen LogP contribution in [0.25, 0.3) is 10.9 Å². The zero-order valence-electron chi connectivity index (χ0n) is 11.3. The summed E-state index contributed by atoms with van der Waals surface area (Å²) in [7, 11) is 1.99. The van der Waals surface area contributed by atoms with Crippen molar-refractivity contribution in [3.63, 3.8) is 0 Å². The predicted molar refractivity (Wildman–Crippen MR) is 77.5 cm³/mol. The first-order chi connectivity index (χ1) is 9.74. The monoisotopic (exact) mass is 268 g/mol. The van der Waals surface area contributed by atoms with Gasteiger partial charge >= 0.3 is 0 Å². The second-order valence-corrected chi connectivity index (χ2v) is 4.78. The smallest absolute Gasteiger partial charge is 0.251 e. The summed E-state index contributed by atoms with van der Waals surface area (Å²) >= 11 is 0. The molecule has 3 aromatic rings. The van der Waals surface area contributed by atoms with Gasteiger partial charge in [-0.05, 0) is 24.3 Å². The molecule has 2 heterocycles. The van der Waals surface area contributed by atoms with E-state index in [1.165, 1.54) is 0 Å². The average molecular weight is 268 g/mol. The van der Waals surface area contributed by atoms with E-state index in [1.54, 1.807) is 12.5 Å². The summed E-state index contributed by atoms with van der Waals surface area (Å²) in [5.74, 6) is -0.0460. The highest BCUT2D eigenvalue weighted by Crippen LogP contribution is 2.16. The molecule has 0 bridgehead atoms. The zero-order valence-corrected chi connectivity index (χ0v) is 11.3. The van der Waals surface area contributed by atoms with Gasteiger partial charge in [0.2, 0.25) is 0 Å². The summed E-state index contributed by atoms with van der Waals surface area (Å²) in [5, 5.41) is 3.99. The third-order valence-corrected chi connectivity index (χ3v) is 3.38. The number of aryl methyl sites for hydroxylation is 1. The SMILES string of the molecule is Cn1ccc2cc(C(=O)NCCc3cnc[nH]3)ccc21. The molecule has 5 nitrogen and oxygen atoms in total. The van der Waals surface area contributed by atoms with E-state index in [2.05, 4.69) is 15.3 Å². The Morgan fingerprint density at radius 1 is 1.40 bits per heavy atom. The van der Waals surface area contributed by atoms with E-state index in [0.29, 0.717) is 12.1 Å². The van der Waals surface area contributed by atoms with Crippen molar-refractivity contribution < 1.29 is 4.79 Å². The quantitative estimate of drug-likeness (QED) is 0.759. The number of aromatic amines is 1. The van der Waals surface area contributed by atoms with Crippen molar-refractivity contribution in [2.45, 2.75) is 6.42 Å². The highest BCUT2D eigenvalue weighted by atomic mass is 16.1. The maximum Gasteiger partial charge on any atom is 0.251 e. The van der Waals surface area contributed by atoms with Crippen molar-refractivity contribution in [1.29, 1.82) is 0 Å². The van der Waals surface area contributed by atoms with Gasteiger partial charge in [-0.3, -0.25) is 4.79 Å². The van der Waals surface area contributed by atoms with Gasteiger partial charge in [0.25, 0.3) is 5.91 Å². The van der Waals surface area contributed by atoms with Crippen LogP contribution in [0, 0.1) is 0 Å². The Morgan fingerprint density at radius 3 is 3.10 bits per heavy atom. The molecule has 0 atom stereocenters. The maximum atomic E-state index is 12.1. The topological polar surface area (TPSA) is 62.7 Å². The molecule has 0 radical (unpaired) electrons. The van der Waals surface area contributed by atoms with Gasteiger partial charge in [0.15, 0.2) is 0 Å². The van der Waals surface area contributed by atoms with E-state index in [9.17, 15) is 4.79 Å². The zero-order chi connectivity index (χ0) is 13.9. The average Bonchev–Trinajstić information content (AvgIpc) is 3.09. The number of fused-ring (bicyclic) bond motifs is 1. The molecule has 1 aromatic carbocycles. The largest absolute Gasteiger partial charge is 0.352 e. The molecule has 0 saturated heterocycles. The summed E-state index contributed by atoms with van der Waals surface area (Å²) in [6.07, 6.45) is 6.15. The van der Waals surface area contributed by atoms with Crippen LogP contribution in [0.1, 0.15) is 16.1 Å². The fourth-order valence-electron chi connectivity index (χ4n) is 2.26. The number of carbonyl (C=O) groups is 1. The number of imidazole rings is 1. The number of nitrogens with zero attached hydrogens (tertiary/aromatic N) is 2. The number of rotatable bonds is 4. The molecule has 20 heavy (non-hydrogen) atoms. The lowest BCUT2D eigenvalue weighted by molar-refractivity contribution is 0.0954. The molecule has 0 saturated carbocycles. The molecule has 2 aromatic heterocycles. The Morgan fingerprint density at radius 2 is 2.30 bits per heavy atom. The number of hydrogen-bond donors (Lipinski definition) is 2. The van der Waals surface area contributed by atoms with E-state index in [-0.39, 0.29) is 5.91 Å². The predicted octanol–water partition coefficient (Wildman–Crippen LogP) is 1.87. The maximum absolute atomic E-state index is 12.1. The van der Waals surface area contributed by atoms with Crippen molar-refractivity contribution in [1.82, 2.24) is 19.9 Å². The summed E-state index contributed by atoms with van der Waals surface area (Å²) in [4.78, 5) is 19.0. The van der Waals surface area contributed by atoms with Crippen LogP contribution in [-0.4, -0.2) is 27.0 Å². The third-order valence-electron chi connectivity index (χ3n) is 3.38. The Labute approximate surface area is 116 Å². The summed E-state index contributed by atoms with van der Waals surface area (Å²) in [6.45, 7) is 0.591. The molecule has 1 amide bonds. The molecule has 102 valence electrons. The van der Waals surface area contributed by atoms with Gasteiger partial charge in [-0.1, -0.05) is 0 Å². The first kappa shape index (κ1) is 12.5. The molecule has 0 spiro atoms. The molecule has 5 heteroatoms. The summed E-state index contributed by atoms with van der Waals surface area (Å²) in [6, 6.07) is 7.75. The number of H-pyrrole nitrogens is 1. The van der Waals surface area contributed by atoms with Crippen molar-refractivity contribution in [3.05, 3.63) is 54.2 Å². The summed E-state index contributed by atoms with van der Waals surface area (Å²) < 4.78 is 2.04. The number of hydrogen-bond acceptors (Lipinski definition) is 2. The van der Waals surface area contributed by atoms with Crippen LogP contribution in [0.3, 0.4) is 0 Å². The van der Waals surface area contributed by atoms with Crippen molar-refractivity contribution >= 4 is 16.8 Å². The highest BCUT2D eigenvalue weighted by molar-refractivity contribution is 5.98. The standard InChI is InChI=1S/C15H16N4O/c1-19-7-5-11-8-12(2-3-14(11)19)15(20)17-6-4-13-9-16-10-18-13/h2-3,5,7-10H,4,6H2,1H3,(H,16,18)(H,17,20). The van der Waals surface area contributed by atoms with E-state index in [4.69, 9.17) is 0 Å². The molecular formula is C15H16N4O. The highest BCUT2D eigenvalue weighted by Gasteiger charge is 2.07. The molecule has 0 unspecified atom stereocenters. The van der Waals surface area contributed by atoms with Crippen LogP contribution in [0.4, 0.5) is 0 Å². The number of amides is 1. The Bertz CT molecular complexity index is 728. The fraction of sp³-hybridized carbons (Fsp3) is 0.200. The van der Waals surface area contributed by atoms with Gasteiger partial charge in [0, 0.05) is 54.6 Å². The molecular weight excluding hydrogens is 252 g/mol. The van der Waals surface area contributed by atoms with Crippen LogP contribution in [0.2, 0.25) is 0 Å². The Hall–Kier alpha value is -2.56. The van der Waals surface area contributed by atoms with E-state index < -0.39 is 0 Å². The van der Waals surface area contributed by atoms with Gasteiger partial charge in [0.1, 0.15) is 0 Å². The second kappa shape index (κ2) is 5.21. The number of carbonyl (C=O) groups excluding carboxylic acids is 1. The Balaban J connectivity index is 1.66. The number of nitrogens with one attached hydrogen (secondary N) is 2. The fourth-order valence-corrected chi connectivity index (χ4v) is 2.26. The molecule has 0 aliphatic heterocycles. The minimum absolute atomic E-state index is 0.0460. The van der Waals surface area contributed by atoms with Crippen molar-refractivity contribution in [3.8, 4) is 0 Å². The lowest BCUT2D eigenvalue weighted by Gasteiger charge is -2.05. The van der Waals surface area contributed by atoms with Crippen molar-refractivity contribution in [2.24, 2.45) is 7.05 Å². The molecule has 3 rings (SSSR count). The lowest BCUT2D eigenvalue weighted by Crippen LogP contribution is -2.25. The first-order valence-corrected chi connectivity index (χ1v) is 6.54. The van der Waals surface area contributed by atoms with Crippen LogP contribution in [0.15, 0.2) is 43.0 Å². The van der Waals surface area contributed by atoms with E-state index in [1.807, 2.05) is 42.1 Å². The molecule has 0 aliphatic carbocycles. The van der Waals surface area contributed by atoms with Gasteiger partial charge in [0.05, 0.1) is 6.33 Å². The van der Waals surface area contributed by atoms with E-state index >= 15 is 0 Å². The first-order valence-electron chi connectivity index (χ1n) is 6.54. The van der Waals surface area contributed by atoms with Gasteiger partial charge in [-0.15, -0.1) is 0 Å². The minimum atomic E-state index is -0.0460. The normalized spacial score (nSPS) is 10.8. The van der Waals surface area contributed by atoms with Gasteiger partial charge < -0.3 is 14.9 Å².